The zero-order valence-electron chi connectivity index (χ0n) is 29.2. The second-order valence-corrected chi connectivity index (χ2v) is 14.4. The molecule has 0 aliphatic rings. The lowest BCUT2D eigenvalue weighted by atomic mass is 9.88. The van der Waals surface area contributed by atoms with Crippen molar-refractivity contribution in [1.29, 1.82) is 0 Å². The molecule has 0 bridgehead atoms. The molecule has 6 nitrogen and oxygen atoms in total. The minimum absolute atomic E-state index is 0.000575. The molecule has 0 amide bonds. The van der Waals surface area contributed by atoms with E-state index in [9.17, 15) is 0 Å². The molecule has 0 aliphatic heterocycles. The number of rotatable bonds is 5. The summed E-state index contributed by atoms with van der Waals surface area (Å²) in [4.78, 5) is 10.0. The summed E-state index contributed by atoms with van der Waals surface area (Å²) in [5.41, 5.74) is 10.9. The van der Waals surface area contributed by atoms with Crippen molar-refractivity contribution < 1.29 is 4.74 Å². The van der Waals surface area contributed by atoms with Gasteiger partial charge in [-0.15, -0.1) is 0 Å². The summed E-state index contributed by atoms with van der Waals surface area (Å²) in [6.07, 6.45) is 1.91. The molecule has 6 heteroatoms. The fourth-order valence-corrected chi connectivity index (χ4v) is 7.55. The van der Waals surface area contributed by atoms with Gasteiger partial charge in [-0.2, -0.15) is 0 Å². The Morgan fingerprint density at radius 1 is 0.519 bits per heavy atom. The van der Waals surface area contributed by atoms with Gasteiger partial charge in [0.25, 0.3) is 0 Å². The second kappa shape index (κ2) is 11.4. The Balaban J connectivity index is 1.09. The number of ether oxygens (including phenoxy) is 1. The van der Waals surface area contributed by atoms with Gasteiger partial charge in [-0.05, 0) is 88.8 Å². The largest absolute Gasteiger partial charge is 0.457 e. The van der Waals surface area contributed by atoms with Crippen LogP contribution in [-0.4, -0.2) is 23.5 Å². The SMILES string of the molecule is CC(C)(C)c1ccnc(-n2c3ccccc3c3ccc(Oc4cccc(-n5c6ccccc6n6c7cc(-c8ccccc8)ccc7nc56)c4)cc32)c1. The van der Waals surface area contributed by atoms with Crippen molar-refractivity contribution in [1.82, 2.24) is 23.5 Å². The number of benzene rings is 6. The Hall–Kier alpha value is -6.66. The normalized spacial score (nSPS) is 12.1. The van der Waals surface area contributed by atoms with Crippen LogP contribution in [0.2, 0.25) is 0 Å². The van der Waals surface area contributed by atoms with Gasteiger partial charge in [0, 0.05) is 29.1 Å². The second-order valence-electron chi connectivity index (χ2n) is 14.4. The van der Waals surface area contributed by atoms with Crippen molar-refractivity contribution in [2.45, 2.75) is 26.2 Å². The molecule has 4 aromatic heterocycles. The highest BCUT2D eigenvalue weighted by Crippen LogP contribution is 2.37. The van der Waals surface area contributed by atoms with Crippen LogP contribution in [0.3, 0.4) is 0 Å². The lowest BCUT2D eigenvalue weighted by Crippen LogP contribution is -2.12. The van der Waals surface area contributed by atoms with E-state index in [1.807, 2.05) is 24.4 Å². The van der Waals surface area contributed by atoms with E-state index in [0.29, 0.717) is 0 Å². The highest BCUT2D eigenvalue weighted by atomic mass is 16.5. The number of para-hydroxylation sites is 3. The van der Waals surface area contributed by atoms with E-state index in [-0.39, 0.29) is 5.41 Å². The highest BCUT2D eigenvalue weighted by Gasteiger charge is 2.20. The molecule has 0 aliphatic carbocycles. The maximum absolute atomic E-state index is 6.66. The van der Waals surface area contributed by atoms with Crippen LogP contribution in [0.1, 0.15) is 26.3 Å². The number of nitrogens with zero attached hydrogens (tertiary/aromatic N) is 5. The van der Waals surface area contributed by atoms with Gasteiger partial charge < -0.3 is 4.74 Å². The molecule has 0 unspecified atom stereocenters. The van der Waals surface area contributed by atoms with Crippen LogP contribution in [0.15, 0.2) is 158 Å². The summed E-state index contributed by atoms with van der Waals surface area (Å²) in [6, 6.07) is 52.9. The minimum atomic E-state index is 0.000575. The molecule has 6 aromatic carbocycles. The number of hydrogen-bond acceptors (Lipinski definition) is 3. The summed E-state index contributed by atoms with van der Waals surface area (Å²) in [5, 5.41) is 2.34. The fraction of sp³-hybridized carbons (Fsp3) is 0.0870. The van der Waals surface area contributed by atoms with Crippen molar-refractivity contribution in [3.05, 3.63) is 163 Å². The molecule has 0 atom stereocenters. The molecule has 4 heterocycles. The first-order valence-electron chi connectivity index (χ1n) is 17.7. The topological polar surface area (TPSA) is 49.3 Å². The fourth-order valence-electron chi connectivity index (χ4n) is 7.55. The molecular formula is C46H35N5O. The molecule has 250 valence electrons. The first kappa shape index (κ1) is 30.2. The van der Waals surface area contributed by atoms with Crippen molar-refractivity contribution in [3.63, 3.8) is 0 Å². The molecule has 0 fully saturated rings. The monoisotopic (exact) mass is 673 g/mol. The Morgan fingerprint density at radius 2 is 1.27 bits per heavy atom. The van der Waals surface area contributed by atoms with Crippen LogP contribution in [0.4, 0.5) is 0 Å². The smallest absolute Gasteiger partial charge is 0.220 e. The Bertz CT molecular complexity index is 2980. The average Bonchev–Trinajstić information content (AvgIpc) is 3.81. The van der Waals surface area contributed by atoms with Crippen LogP contribution < -0.4 is 4.74 Å². The predicted molar refractivity (Wildman–Crippen MR) is 212 cm³/mol. The van der Waals surface area contributed by atoms with Crippen molar-refractivity contribution in [2.24, 2.45) is 0 Å². The zero-order chi connectivity index (χ0) is 35.0. The quantitative estimate of drug-likeness (QED) is 0.183. The molecule has 0 spiro atoms. The molecular weight excluding hydrogens is 639 g/mol. The standard InChI is InChI=1S/C46H35N5O/c1-46(2,3)32-24-25-47-44(27-32)50-39-17-8-7-16-36(39)37-22-21-35(29-42(37)50)52-34-15-11-14-33(28-34)49-40-18-9-10-19-41(40)51-43-26-31(30-12-5-4-6-13-30)20-23-38(43)48-45(49)51/h4-29H,1-3H3. The molecule has 10 aromatic rings. The van der Waals surface area contributed by atoms with Crippen LogP contribution in [-0.2, 0) is 5.41 Å². The van der Waals surface area contributed by atoms with Crippen molar-refractivity contribution in [2.75, 3.05) is 0 Å². The summed E-state index contributed by atoms with van der Waals surface area (Å²) in [6.45, 7) is 6.70. The summed E-state index contributed by atoms with van der Waals surface area (Å²) in [5.74, 6) is 3.24. The number of fused-ring (bicyclic) bond motifs is 8. The Labute approximate surface area is 300 Å². The molecule has 0 saturated carbocycles. The van der Waals surface area contributed by atoms with Crippen LogP contribution in [0, 0.1) is 0 Å². The summed E-state index contributed by atoms with van der Waals surface area (Å²) >= 11 is 0. The first-order valence-corrected chi connectivity index (χ1v) is 17.7. The minimum Gasteiger partial charge on any atom is -0.457 e. The summed E-state index contributed by atoms with van der Waals surface area (Å²) in [7, 11) is 0. The molecule has 10 rings (SSSR count). The van der Waals surface area contributed by atoms with E-state index in [0.717, 1.165) is 72.8 Å². The van der Waals surface area contributed by atoms with Crippen LogP contribution >= 0.6 is 0 Å². The average molecular weight is 674 g/mol. The van der Waals surface area contributed by atoms with Gasteiger partial charge in [0.2, 0.25) is 5.78 Å². The van der Waals surface area contributed by atoms with Crippen molar-refractivity contribution >= 4 is 49.7 Å². The van der Waals surface area contributed by atoms with Crippen molar-refractivity contribution in [3.8, 4) is 34.1 Å². The lowest BCUT2D eigenvalue weighted by molar-refractivity contribution is 0.483. The van der Waals surface area contributed by atoms with Gasteiger partial charge in [-0.1, -0.05) is 93.6 Å². The summed E-state index contributed by atoms with van der Waals surface area (Å²) < 4.78 is 13.4. The first-order chi connectivity index (χ1) is 25.4. The van der Waals surface area contributed by atoms with E-state index in [1.165, 1.54) is 16.5 Å². The van der Waals surface area contributed by atoms with Gasteiger partial charge >= 0.3 is 0 Å². The number of imidazole rings is 2. The number of pyridine rings is 1. The van der Waals surface area contributed by atoms with Gasteiger partial charge in [-0.25, -0.2) is 9.97 Å². The third-order valence-corrected chi connectivity index (χ3v) is 10.1. The van der Waals surface area contributed by atoms with Gasteiger partial charge in [0.05, 0.1) is 38.8 Å². The molecule has 0 saturated heterocycles. The Kier molecular flexibility index (Phi) is 6.64. The number of aromatic nitrogens is 5. The van der Waals surface area contributed by atoms with Gasteiger partial charge in [-0.3, -0.25) is 13.5 Å². The maximum Gasteiger partial charge on any atom is 0.220 e. The Morgan fingerprint density at radius 3 is 2.12 bits per heavy atom. The third-order valence-electron chi connectivity index (χ3n) is 10.1. The third kappa shape index (κ3) is 4.79. The highest BCUT2D eigenvalue weighted by molar-refractivity contribution is 6.09. The van der Waals surface area contributed by atoms with E-state index < -0.39 is 0 Å². The molecule has 0 radical (unpaired) electrons. The zero-order valence-corrected chi connectivity index (χ0v) is 29.2. The molecule has 52 heavy (non-hydrogen) atoms. The predicted octanol–water partition coefficient (Wildman–Crippen LogP) is 11.7. The number of hydrogen-bond donors (Lipinski definition) is 0. The van der Waals surface area contributed by atoms with E-state index in [1.54, 1.807) is 0 Å². The van der Waals surface area contributed by atoms with E-state index in [2.05, 4.69) is 168 Å². The van der Waals surface area contributed by atoms with Gasteiger partial charge in [0.15, 0.2) is 0 Å². The van der Waals surface area contributed by atoms with E-state index >= 15 is 0 Å². The maximum atomic E-state index is 6.66. The van der Waals surface area contributed by atoms with Gasteiger partial charge in [0.1, 0.15) is 17.3 Å². The lowest BCUT2D eigenvalue weighted by Gasteiger charge is -2.20. The van der Waals surface area contributed by atoms with Crippen LogP contribution in [0.5, 0.6) is 11.5 Å². The van der Waals surface area contributed by atoms with E-state index in [4.69, 9.17) is 14.7 Å². The van der Waals surface area contributed by atoms with Crippen LogP contribution in [0.25, 0.3) is 72.3 Å². The molecule has 0 N–H and O–H groups in total.